The van der Waals surface area contributed by atoms with Crippen LogP contribution < -0.4 is 5.56 Å². The minimum atomic E-state index is -0.157. The molecule has 0 spiro atoms. The van der Waals surface area contributed by atoms with Crippen molar-refractivity contribution in [1.82, 2.24) is 19.6 Å². The van der Waals surface area contributed by atoms with Crippen LogP contribution in [0.25, 0.3) is 5.78 Å². The molecule has 1 N–H and O–H groups in total. The minimum absolute atomic E-state index is 0.157. The number of aromatic nitrogens is 4. The highest BCUT2D eigenvalue weighted by atomic mass is 79.9. The zero-order valence-corrected chi connectivity index (χ0v) is 7.79. The van der Waals surface area contributed by atoms with Crippen molar-refractivity contribution in [2.24, 2.45) is 0 Å². The van der Waals surface area contributed by atoms with Gasteiger partial charge in [0.25, 0.3) is 11.3 Å². The predicted molar refractivity (Wildman–Crippen MR) is 46.0 cm³/mol. The summed E-state index contributed by atoms with van der Waals surface area (Å²) < 4.78 is 1.77. The molecule has 12 heavy (non-hydrogen) atoms. The molecule has 0 unspecified atom stereocenters. The number of rotatable bonds is 0. The highest BCUT2D eigenvalue weighted by Crippen LogP contribution is 2.01. The van der Waals surface area contributed by atoms with E-state index in [1.54, 1.807) is 6.92 Å². The molecule has 0 atom stereocenters. The van der Waals surface area contributed by atoms with Crippen molar-refractivity contribution in [3.63, 3.8) is 0 Å². The van der Waals surface area contributed by atoms with Gasteiger partial charge >= 0.3 is 0 Å². The average Bonchev–Trinajstić information content (AvgIpc) is 2.29. The van der Waals surface area contributed by atoms with Gasteiger partial charge in [-0.15, -0.1) is 0 Å². The summed E-state index contributed by atoms with van der Waals surface area (Å²) in [6.07, 6.45) is 0. The Morgan fingerprint density at radius 2 is 2.33 bits per heavy atom. The monoisotopic (exact) mass is 228 g/mol. The Morgan fingerprint density at radius 1 is 1.58 bits per heavy atom. The maximum Gasteiger partial charge on any atom is 0.274 e. The fourth-order valence-corrected chi connectivity index (χ4v) is 1.30. The lowest BCUT2D eigenvalue weighted by atomic mass is 10.5. The zero-order chi connectivity index (χ0) is 8.72. The largest absolute Gasteiger partial charge is 0.274 e. The Kier molecular flexibility index (Phi) is 1.50. The second-order valence-electron chi connectivity index (χ2n) is 2.39. The molecule has 0 radical (unpaired) electrons. The summed E-state index contributed by atoms with van der Waals surface area (Å²) in [5.74, 6) is 0.381. The summed E-state index contributed by atoms with van der Waals surface area (Å²) in [6.45, 7) is 1.75. The number of nitrogens with one attached hydrogen (secondary N) is 1. The third-order valence-corrected chi connectivity index (χ3v) is 1.79. The molecule has 5 nitrogen and oxygen atoms in total. The molecule has 2 aromatic rings. The third kappa shape index (κ3) is 1.04. The van der Waals surface area contributed by atoms with Crippen molar-refractivity contribution in [2.45, 2.75) is 6.92 Å². The number of fused-ring (bicyclic) bond motifs is 1. The molecule has 6 heteroatoms. The van der Waals surface area contributed by atoms with Crippen molar-refractivity contribution in [1.29, 1.82) is 0 Å². The summed E-state index contributed by atoms with van der Waals surface area (Å²) in [5.41, 5.74) is 0.509. The van der Waals surface area contributed by atoms with Crippen LogP contribution in [0.3, 0.4) is 0 Å². The van der Waals surface area contributed by atoms with Crippen LogP contribution in [0.2, 0.25) is 0 Å². The lowest BCUT2D eigenvalue weighted by Gasteiger charge is -1.90. The zero-order valence-electron chi connectivity index (χ0n) is 6.21. The molecule has 2 heterocycles. The summed E-state index contributed by atoms with van der Waals surface area (Å²) >= 11 is 3.12. The van der Waals surface area contributed by atoms with Gasteiger partial charge in [0, 0.05) is 11.8 Å². The molecule has 0 saturated carbocycles. The Labute approximate surface area is 75.6 Å². The molecular weight excluding hydrogens is 224 g/mol. The van der Waals surface area contributed by atoms with Crippen molar-refractivity contribution in [2.75, 3.05) is 0 Å². The smallest absolute Gasteiger partial charge is 0.267 e. The Hall–Kier alpha value is -1.17. The SMILES string of the molecule is Cc1cc(=O)n2[nH]c(Br)nc2n1. The molecule has 0 bridgehead atoms. The van der Waals surface area contributed by atoms with E-state index in [1.165, 1.54) is 10.6 Å². The van der Waals surface area contributed by atoms with Gasteiger partial charge < -0.3 is 0 Å². The van der Waals surface area contributed by atoms with Crippen LogP contribution in [-0.4, -0.2) is 19.6 Å². The van der Waals surface area contributed by atoms with Gasteiger partial charge in [0.1, 0.15) is 0 Å². The van der Waals surface area contributed by atoms with Crippen molar-refractivity contribution < 1.29 is 0 Å². The first-order valence-corrected chi connectivity index (χ1v) is 4.08. The van der Waals surface area contributed by atoms with Gasteiger partial charge in [-0.2, -0.15) is 9.50 Å². The summed E-state index contributed by atoms with van der Waals surface area (Å²) in [7, 11) is 0. The average molecular weight is 229 g/mol. The number of aryl methyl sites for hydroxylation is 1. The molecule has 0 fully saturated rings. The Balaban J connectivity index is 2.98. The molecule has 2 rings (SSSR count). The van der Waals surface area contributed by atoms with Crippen LogP contribution in [0.5, 0.6) is 0 Å². The fourth-order valence-electron chi connectivity index (χ4n) is 0.967. The second kappa shape index (κ2) is 2.41. The molecule has 0 aliphatic carbocycles. The minimum Gasteiger partial charge on any atom is -0.267 e. The number of hydrogen-bond donors (Lipinski definition) is 1. The predicted octanol–water partition coefficient (Wildman–Crippen LogP) is 0.489. The van der Waals surface area contributed by atoms with E-state index in [-0.39, 0.29) is 5.56 Å². The van der Waals surface area contributed by atoms with E-state index in [0.29, 0.717) is 16.2 Å². The van der Waals surface area contributed by atoms with Crippen molar-refractivity contribution in [3.05, 3.63) is 26.8 Å². The lowest BCUT2D eigenvalue weighted by molar-refractivity contribution is 0.880. The summed E-state index contributed by atoms with van der Waals surface area (Å²) in [5, 5.41) is 2.70. The van der Waals surface area contributed by atoms with E-state index in [4.69, 9.17) is 0 Å². The summed E-state index contributed by atoms with van der Waals surface area (Å²) in [4.78, 5) is 19.2. The van der Waals surface area contributed by atoms with Crippen LogP contribution in [0.1, 0.15) is 5.69 Å². The molecule has 0 aliphatic heterocycles. The van der Waals surface area contributed by atoms with E-state index in [2.05, 4.69) is 31.0 Å². The lowest BCUT2D eigenvalue weighted by Crippen LogP contribution is -2.14. The van der Waals surface area contributed by atoms with Gasteiger partial charge in [-0.25, -0.2) is 4.98 Å². The molecule has 62 valence electrons. The first kappa shape index (κ1) is 7.48. The van der Waals surface area contributed by atoms with E-state index < -0.39 is 0 Å². The van der Waals surface area contributed by atoms with Crippen LogP contribution in [0.4, 0.5) is 0 Å². The van der Waals surface area contributed by atoms with Gasteiger partial charge in [-0.1, -0.05) is 0 Å². The first-order chi connectivity index (χ1) is 5.66. The number of aromatic amines is 1. The third-order valence-electron chi connectivity index (χ3n) is 1.43. The maximum atomic E-state index is 11.2. The van der Waals surface area contributed by atoms with Crippen molar-refractivity contribution in [3.8, 4) is 0 Å². The van der Waals surface area contributed by atoms with Gasteiger partial charge in [0.2, 0.25) is 0 Å². The quantitative estimate of drug-likeness (QED) is 0.714. The fraction of sp³-hybridized carbons (Fsp3) is 0.167. The van der Waals surface area contributed by atoms with Crippen LogP contribution in [0, 0.1) is 6.92 Å². The van der Waals surface area contributed by atoms with Crippen molar-refractivity contribution >= 4 is 21.7 Å². The maximum absolute atomic E-state index is 11.2. The van der Waals surface area contributed by atoms with Crippen LogP contribution in [0.15, 0.2) is 15.6 Å². The standard InChI is InChI=1S/C6H5BrN4O/c1-3-2-4(12)11-6(8-3)9-5(7)10-11/h2H,1H3,(H,8,9,10). The first-order valence-electron chi connectivity index (χ1n) is 3.29. The highest BCUT2D eigenvalue weighted by molar-refractivity contribution is 9.10. The number of halogens is 1. The van der Waals surface area contributed by atoms with E-state index >= 15 is 0 Å². The summed E-state index contributed by atoms with van der Waals surface area (Å²) in [6, 6.07) is 1.44. The molecule has 0 aliphatic rings. The van der Waals surface area contributed by atoms with Gasteiger partial charge in [-0.3, -0.25) is 9.89 Å². The van der Waals surface area contributed by atoms with Crippen LogP contribution >= 0.6 is 15.9 Å². The molecule has 0 saturated heterocycles. The molecule has 0 amide bonds. The topological polar surface area (TPSA) is 63.0 Å². The highest BCUT2D eigenvalue weighted by Gasteiger charge is 2.02. The molecule has 2 aromatic heterocycles. The van der Waals surface area contributed by atoms with E-state index in [1.807, 2.05) is 0 Å². The van der Waals surface area contributed by atoms with E-state index in [9.17, 15) is 4.79 Å². The molecular formula is C6H5BrN4O. The van der Waals surface area contributed by atoms with Crippen LogP contribution in [-0.2, 0) is 0 Å². The van der Waals surface area contributed by atoms with Gasteiger partial charge in [0.05, 0.1) is 0 Å². The van der Waals surface area contributed by atoms with Gasteiger partial charge in [0.15, 0.2) is 4.73 Å². The number of H-pyrrole nitrogens is 1. The Bertz CT molecular complexity index is 486. The van der Waals surface area contributed by atoms with Gasteiger partial charge in [-0.05, 0) is 22.9 Å². The Morgan fingerprint density at radius 3 is 3.08 bits per heavy atom. The van der Waals surface area contributed by atoms with E-state index in [0.717, 1.165) is 0 Å². The number of nitrogens with zero attached hydrogens (tertiary/aromatic N) is 3. The second-order valence-corrected chi connectivity index (χ2v) is 3.14. The molecule has 0 aromatic carbocycles. The normalized spacial score (nSPS) is 10.8. The number of hydrogen-bond acceptors (Lipinski definition) is 3.